The van der Waals surface area contributed by atoms with E-state index in [4.69, 9.17) is 4.74 Å². The van der Waals surface area contributed by atoms with Crippen LogP contribution in [0.25, 0.3) is 17.1 Å². The van der Waals surface area contributed by atoms with E-state index in [1.54, 1.807) is 29.2 Å². The van der Waals surface area contributed by atoms with Crippen LogP contribution in [0, 0.1) is 12.7 Å². The Bertz CT molecular complexity index is 1500. The van der Waals surface area contributed by atoms with E-state index in [2.05, 4.69) is 25.8 Å². The van der Waals surface area contributed by atoms with Crippen molar-refractivity contribution in [3.8, 4) is 22.8 Å². The third-order valence-electron chi connectivity index (χ3n) is 7.01. The first-order valence-corrected chi connectivity index (χ1v) is 11.7. The van der Waals surface area contributed by atoms with Gasteiger partial charge in [0.1, 0.15) is 11.4 Å². The highest BCUT2D eigenvalue weighted by Crippen LogP contribution is 2.49. The highest BCUT2D eigenvalue weighted by Gasteiger charge is 2.49. The van der Waals surface area contributed by atoms with Gasteiger partial charge in [-0.3, -0.25) is 4.79 Å². The molecule has 3 aliphatic rings. The molecule has 0 unspecified atom stereocenters. The molecule has 1 N–H and O–H groups in total. The lowest BCUT2D eigenvalue weighted by Gasteiger charge is -2.19. The maximum absolute atomic E-state index is 15.0. The Balaban J connectivity index is 0.00000240. The lowest BCUT2D eigenvalue weighted by molar-refractivity contribution is 0.102. The van der Waals surface area contributed by atoms with Gasteiger partial charge in [-0.15, -0.1) is 5.10 Å². The van der Waals surface area contributed by atoms with E-state index >= 15 is 0 Å². The number of ether oxygens (including phenoxy) is 1. The number of nitrogens with one attached hydrogen (secondary N) is 1. The topological polar surface area (TPSA) is 99.7 Å². The van der Waals surface area contributed by atoms with Gasteiger partial charge in [-0.1, -0.05) is 13.5 Å². The number of rotatable bonds is 4. The summed E-state index contributed by atoms with van der Waals surface area (Å²) in [6, 6.07) is 8.36. The average molecular weight is 488 g/mol. The molecule has 0 atom stereocenters. The van der Waals surface area contributed by atoms with Gasteiger partial charge in [0, 0.05) is 12.1 Å². The lowest BCUT2D eigenvalue weighted by Crippen LogP contribution is -2.25. The Morgan fingerprint density at radius 1 is 1.25 bits per heavy atom. The number of amides is 1. The maximum atomic E-state index is 15.0. The minimum atomic E-state index is -0.586. The van der Waals surface area contributed by atoms with Crippen LogP contribution >= 0.6 is 0 Å². The smallest absolute Gasteiger partial charge is 0.258 e. The van der Waals surface area contributed by atoms with Crippen molar-refractivity contribution in [1.29, 1.82) is 0 Å². The van der Waals surface area contributed by atoms with Crippen molar-refractivity contribution in [2.75, 3.05) is 5.32 Å². The number of halogens is 1. The zero-order valence-corrected chi connectivity index (χ0v) is 19.0. The van der Waals surface area contributed by atoms with Crippen molar-refractivity contribution in [3.63, 3.8) is 0 Å². The molecule has 9 nitrogen and oxygen atoms in total. The zero-order valence-electron chi connectivity index (χ0n) is 19.0. The predicted octanol–water partition coefficient (Wildman–Crippen LogP) is 4.66. The molecular weight excluding hydrogens is 461 g/mol. The third-order valence-corrected chi connectivity index (χ3v) is 7.01. The summed E-state index contributed by atoms with van der Waals surface area (Å²) < 4.78 is 25.0. The summed E-state index contributed by atoms with van der Waals surface area (Å²) in [5.41, 5.74) is 3.17. The first-order chi connectivity index (χ1) is 17.0. The van der Waals surface area contributed by atoms with Crippen molar-refractivity contribution in [1.82, 2.24) is 29.8 Å². The Morgan fingerprint density at radius 3 is 2.86 bits per heavy atom. The number of anilines is 1. The number of tetrazole rings is 1. The molecule has 7 rings (SSSR count). The molecule has 2 aromatic heterocycles. The Labute approximate surface area is 207 Å². The van der Waals surface area contributed by atoms with E-state index in [0.717, 1.165) is 42.6 Å². The molecule has 2 aromatic carbocycles. The fraction of sp³-hybridized carbons (Fsp3) is 0.346. The Kier molecular flexibility index (Phi) is 4.96. The first-order valence-electron chi connectivity index (χ1n) is 11.7. The number of aryl methyl sites for hydroxylation is 1. The lowest BCUT2D eigenvalue weighted by atomic mass is 10.1. The largest absolute Gasteiger partial charge is 0.482 e. The van der Waals surface area contributed by atoms with Crippen LogP contribution in [0.3, 0.4) is 0 Å². The predicted molar refractivity (Wildman–Crippen MR) is 131 cm³/mol. The zero-order chi connectivity index (χ0) is 23.7. The molecule has 1 spiro atoms. The Hall–Kier alpha value is -4.08. The third kappa shape index (κ3) is 3.64. The van der Waals surface area contributed by atoms with Crippen LogP contribution in [-0.2, 0) is 6.54 Å². The molecule has 0 saturated heterocycles. The van der Waals surface area contributed by atoms with E-state index in [9.17, 15) is 9.18 Å². The first kappa shape index (κ1) is 22.4. The standard InChI is InChI=1S/C25H22FN7O2.CH4/c1-14-9-18(26)17(10-21(14)32-11-20(27-13-32)15-5-6-15)24(34)28-19-4-2-3-16-22(19)35-25(7-8-25)12-33-23(16)29-30-31-33;/h2-4,9-11,13,15H,5-8,12H2,1H3,(H,28,34);1H4. The summed E-state index contributed by atoms with van der Waals surface area (Å²) in [5, 5.41) is 14.9. The van der Waals surface area contributed by atoms with Crippen molar-refractivity contribution in [3.05, 3.63) is 65.5 Å². The SMILES string of the molecule is C.Cc1cc(F)c(C(=O)Nc2cccc3c2OC2(CC2)Cn2nnnc2-3)cc1-n1cnc(C2CC2)c1. The summed E-state index contributed by atoms with van der Waals surface area (Å²) in [4.78, 5) is 17.8. The van der Waals surface area contributed by atoms with Crippen LogP contribution in [0.15, 0.2) is 42.9 Å². The number of carbonyl (C=O) groups excluding carboxylic acids is 1. The van der Waals surface area contributed by atoms with Gasteiger partial charge in [0.2, 0.25) is 0 Å². The number of benzene rings is 2. The minimum absolute atomic E-state index is 0. The molecule has 4 aromatic rings. The normalized spacial score (nSPS) is 16.8. The van der Waals surface area contributed by atoms with Gasteiger partial charge in [-0.2, -0.15) is 0 Å². The van der Waals surface area contributed by atoms with Crippen LogP contribution in [0.4, 0.5) is 10.1 Å². The number of hydrogen-bond acceptors (Lipinski definition) is 6. The molecule has 2 aliphatic carbocycles. The van der Waals surface area contributed by atoms with Gasteiger partial charge < -0.3 is 14.6 Å². The quantitative estimate of drug-likeness (QED) is 0.449. The van der Waals surface area contributed by atoms with E-state index in [0.29, 0.717) is 35.3 Å². The van der Waals surface area contributed by atoms with Crippen LogP contribution in [0.1, 0.15) is 60.6 Å². The van der Waals surface area contributed by atoms with Gasteiger partial charge in [0.25, 0.3) is 5.91 Å². The second-order valence-corrected chi connectivity index (χ2v) is 9.68. The second-order valence-electron chi connectivity index (χ2n) is 9.68. The highest BCUT2D eigenvalue weighted by atomic mass is 19.1. The molecule has 1 aliphatic heterocycles. The molecule has 2 fully saturated rings. The number of imidazole rings is 1. The molecule has 10 heteroatoms. The number of para-hydroxylation sites is 1. The minimum Gasteiger partial charge on any atom is -0.482 e. The van der Waals surface area contributed by atoms with Gasteiger partial charge in [0.05, 0.1) is 41.1 Å². The number of aromatic nitrogens is 6. The highest BCUT2D eigenvalue weighted by molar-refractivity contribution is 6.06. The fourth-order valence-electron chi connectivity index (χ4n) is 4.71. The summed E-state index contributed by atoms with van der Waals surface area (Å²) in [6.45, 7) is 2.36. The Morgan fingerprint density at radius 2 is 2.08 bits per heavy atom. The molecule has 2 saturated carbocycles. The van der Waals surface area contributed by atoms with Crippen molar-refractivity contribution in [2.45, 2.75) is 58.1 Å². The number of hydrogen-bond donors (Lipinski definition) is 1. The number of fused-ring (bicyclic) bond motifs is 3. The maximum Gasteiger partial charge on any atom is 0.258 e. The molecule has 0 radical (unpaired) electrons. The van der Waals surface area contributed by atoms with Gasteiger partial charge in [-0.05, 0) is 72.9 Å². The molecule has 1 amide bonds. The van der Waals surface area contributed by atoms with Crippen molar-refractivity contribution >= 4 is 11.6 Å². The van der Waals surface area contributed by atoms with Crippen LogP contribution in [-0.4, -0.2) is 41.3 Å². The van der Waals surface area contributed by atoms with Crippen molar-refractivity contribution in [2.24, 2.45) is 0 Å². The monoisotopic (exact) mass is 487 g/mol. The summed E-state index contributed by atoms with van der Waals surface area (Å²) in [6.07, 6.45) is 7.72. The van der Waals surface area contributed by atoms with Gasteiger partial charge in [0.15, 0.2) is 11.6 Å². The average Bonchev–Trinajstić information content (AvgIpc) is 3.74. The van der Waals surface area contributed by atoms with Crippen LogP contribution in [0.2, 0.25) is 0 Å². The molecule has 184 valence electrons. The van der Waals surface area contributed by atoms with Crippen molar-refractivity contribution < 1.29 is 13.9 Å². The van der Waals surface area contributed by atoms with Gasteiger partial charge in [-0.25, -0.2) is 14.1 Å². The van der Waals surface area contributed by atoms with E-state index in [1.165, 1.54) is 6.07 Å². The van der Waals surface area contributed by atoms with Gasteiger partial charge >= 0.3 is 0 Å². The van der Waals surface area contributed by atoms with Crippen LogP contribution < -0.4 is 10.1 Å². The summed E-state index contributed by atoms with van der Waals surface area (Å²) >= 11 is 0. The summed E-state index contributed by atoms with van der Waals surface area (Å²) in [7, 11) is 0. The second kappa shape index (κ2) is 7.97. The number of carbonyl (C=O) groups is 1. The molecule has 36 heavy (non-hydrogen) atoms. The van der Waals surface area contributed by atoms with E-state index in [-0.39, 0.29) is 18.6 Å². The molecular formula is C26H26FN7O2. The molecule has 0 bridgehead atoms. The van der Waals surface area contributed by atoms with Crippen LogP contribution in [0.5, 0.6) is 5.75 Å². The van der Waals surface area contributed by atoms with E-state index < -0.39 is 11.7 Å². The fourth-order valence-corrected chi connectivity index (χ4v) is 4.71. The summed E-state index contributed by atoms with van der Waals surface area (Å²) in [5.74, 6) is 0.441. The molecule has 3 heterocycles. The van der Waals surface area contributed by atoms with E-state index in [1.807, 2.05) is 23.8 Å². The number of nitrogens with zero attached hydrogens (tertiary/aromatic N) is 6.